The summed E-state index contributed by atoms with van der Waals surface area (Å²) in [4.78, 5) is 0. The van der Waals surface area contributed by atoms with Gasteiger partial charge in [0, 0.05) is 11.8 Å². The molecule has 0 aliphatic carbocycles. The van der Waals surface area contributed by atoms with Gasteiger partial charge >= 0.3 is 35.8 Å². The Morgan fingerprint density at radius 1 is 0.645 bits per heavy atom. The lowest BCUT2D eigenvalue weighted by Gasteiger charge is -2.39. The van der Waals surface area contributed by atoms with Gasteiger partial charge in [-0.2, -0.15) is 57.1 Å². The quantitative estimate of drug-likeness (QED) is 0.168. The standard InChI is InChI=1S/C16H12BrF13O/c17-8-9-2-4-10(5-3-9)31-7-1-6-11(18,19)12(20,21)13(22,23)14(24,25)15(26,27)16(28,29)30/h2-5H,1,6-8H2. The van der Waals surface area contributed by atoms with E-state index in [1.807, 2.05) is 0 Å². The fourth-order valence-corrected chi connectivity index (χ4v) is 2.49. The molecule has 1 rings (SSSR count). The molecule has 0 amide bonds. The highest BCUT2D eigenvalue weighted by Gasteiger charge is 2.90. The first kappa shape index (κ1) is 27.6. The smallest absolute Gasteiger partial charge is 0.460 e. The van der Waals surface area contributed by atoms with Gasteiger partial charge in [0.2, 0.25) is 0 Å². The lowest BCUT2D eigenvalue weighted by Crippen LogP contribution is -2.70. The van der Waals surface area contributed by atoms with Crippen LogP contribution in [0.2, 0.25) is 0 Å². The van der Waals surface area contributed by atoms with Crippen LogP contribution in [0.3, 0.4) is 0 Å². The van der Waals surface area contributed by atoms with E-state index in [0.29, 0.717) is 5.33 Å². The summed E-state index contributed by atoms with van der Waals surface area (Å²) in [5.74, 6) is -36.6. The van der Waals surface area contributed by atoms with E-state index in [2.05, 4.69) is 15.9 Å². The maximum atomic E-state index is 13.6. The monoisotopic (exact) mass is 546 g/mol. The van der Waals surface area contributed by atoms with E-state index in [0.717, 1.165) is 5.56 Å². The maximum absolute atomic E-state index is 13.6. The summed E-state index contributed by atoms with van der Waals surface area (Å²) < 4.78 is 173. The van der Waals surface area contributed by atoms with Crippen molar-refractivity contribution < 1.29 is 61.8 Å². The Kier molecular flexibility index (Phi) is 7.89. The molecule has 1 aromatic rings. The fourth-order valence-electron chi connectivity index (χ4n) is 2.12. The predicted octanol–water partition coefficient (Wildman–Crippen LogP) is 7.48. The van der Waals surface area contributed by atoms with Gasteiger partial charge in [0.1, 0.15) is 5.75 Å². The highest BCUT2D eigenvalue weighted by atomic mass is 79.9. The molecule has 0 unspecified atom stereocenters. The molecule has 31 heavy (non-hydrogen) atoms. The molecule has 0 spiro atoms. The van der Waals surface area contributed by atoms with Crippen molar-refractivity contribution in [2.75, 3.05) is 6.61 Å². The van der Waals surface area contributed by atoms with Crippen molar-refractivity contribution in [3.05, 3.63) is 29.8 Å². The zero-order chi connectivity index (χ0) is 24.5. The van der Waals surface area contributed by atoms with Crippen molar-refractivity contribution >= 4 is 15.9 Å². The first-order valence-corrected chi connectivity index (χ1v) is 9.12. The van der Waals surface area contributed by atoms with Crippen molar-refractivity contribution in [2.24, 2.45) is 0 Å². The molecule has 0 saturated heterocycles. The minimum atomic E-state index is -7.88. The molecule has 0 N–H and O–H groups in total. The topological polar surface area (TPSA) is 9.23 Å². The van der Waals surface area contributed by atoms with E-state index in [-0.39, 0.29) is 5.75 Å². The number of benzene rings is 1. The second kappa shape index (κ2) is 8.85. The highest BCUT2D eigenvalue weighted by Crippen LogP contribution is 2.60. The van der Waals surface area contributed by atoms with Crippen molar-refractivity contribution in [2.45, 2.75) is 54.0 Å². The molecule has 0 aliphatic heterocycles. The zero-order valence-corrected chi connectivity index (χ0v) is 16.4. The molecule has 0 heterocycles. The number of hydrogen-bond acceptors (Lipinski definition) is 1. The van der Waals surface area contributed by atoms with Gasteiger partial charge in [-0.1, -0.05) is 28.1 Å². The van der Waals surface area contributed by atoms with E-state index in [1.54, 1.807) is 0 Å². The lowest BCUT2D eigenvalue weighted by atomic mass is 9.92. The summed E-state index contributed by atoms with van der Waals surface area (Å²) >= 11 is 3.12. The van der Waals surface area contributed by atoms with E-state index in [1.165, 1.54) is 24.3 Å². The largest absolute Gasteiger partial charge is 0.494 e. The minimum Gasteiger partial charge on any atom is -0.494 e. The molecule has 15 heteroatoms. The molecule has 1 nitrogen and oxygen atoms in total. The second-order valence-electron chi connectivity index (χ2n) is 6.23. The van der Waals surface area contributed by atoms with Gasteiger partial charge in [-0.05, 0) is 24.1 Å². The molecule has 1 aromatic carbocycles. The molecule has 0 aromatic heterocycles. The van der Waals surface area contributed by atoms with E-state index in [4.69, 9.17) is 4.74 Å². The average molecular weight is 547 g/mol. The van der Waals surface area contributed by atoms with E-state index >= 15 is 0 Å². The van der Waals surface area contributed by atoms with Crippen LogP contribution in [0.15, 0.2) is 24.3 Å². The van der Waals surface area contributed by atoms with E-state index in [9.17, 15) is 57.1 Å². The Morgan fingerprint density at radius 2 is 1.10 bits per heavy atom. The van der Waals surface area contributed by atoms with Crippen molar-refractivity contribution in [3.8, 4) is 5.75 Å². The van der Waals surface area contributed by atoms with Gasteiger partial charge in [0.25, 0.3) is 0 Å². The zero-order valence-electron chi connectivity index (χ0n) is 14.8. The molecular formula is C16H12BrF13O. The van der Waals surface area contributed by atoms with Crippen LogP contribution < -0.4 is 4.74 Å². The maximum Gasteiger partial charge on any atom is 0.460 e. The van der Waals surface area contributed by atoms with Crippen LogP contribution in [0, 0.1) is 0 Å². The van der Waals surface area contributed by atoms with Crippen LogP contribution >= 0.6 is 15.9 Å². The minimum absolute atomic E-state index is 0.0430. The van der Waals surface area contributed by atoms with Crippen LogP contribution in [-0.4, -0.2) is 42.4 Å². The van der Waals surface area contributed by atoms with Gasteiger partial charge in [0.15, 0.2) is 0 Å². The molecule has 0 bridgehead atoms. The summed E-state index contributed by atoms with van der Waals surface area (Å²) in [6.45, 7) is -0.806. The summed E-state index contributed by atoms with van der Waals surface area (Å²) in [5.41, 5.74) is 0.761. The van der Waals surface area contributed by atoms with Crippen LogP contribution in [0.5, 0.6) is 5.75 Å². The third kappa shape index (κ3) is 5.00. The molecular weight excluding hydrogens is 535 g/mol. The Bertz CT molecular complexity index is 728. The Labute approximate surface area is 174 Å². The number of rotatable bonds is 10. The van der Waals surface area contributed by atoms with Crippen LogP contribution in [0.25, 0.3) is 0 Å². The Morgan fingerprint density at radius 3 is 1.52 bits per heavy atom. The number of alkyl halides is 14. The molecule has 180 valence electrons. The van der Waals surface area contributed by atoms with Gasteiger partial charge in [-0.3, -0.25) is 0 Å². The molecule has 0 atom stereocenters. The highest BCUT2D eigenvalue weighted by molar-refractivity contribution is 9.08. The number of halogens is 14. The summed E-state index contributed by atoms with van der Waals surface area (Å²) in [6.07, 6.45) is -10.8. The average Bonchev–Trinajstić information content (AvgIpc) is 2.64. The van der Waals surface area contributed by atoms with Crippen molar-refractivity contribution in [3.63, 3.8) is 0 Å². The molecule has 0 radical (unpaired) electrons. The summed E-state index contributed by atoms with van der Waals surface area (Å²) in [6, 6.07) is 5.68. The fraction of sp³-hybridized carbons (Fsp3) is 0.625. The Balaban J connectivity index is 2.95. The third-order valence-electron chi connectivity index (χ3n) is 3.98. The molecule has 0 saturated carbocycles. The Hall–Kier alpha value is -1.41. The van der Waals surface area contributed by atoms with Crippen LogP contribution in [0.4, 0.5) is 57.1 Å². The van der Waals surface area contributed by atoms with Crippen molar-refractivity contribution in [1.29, 1.82) is 0 Å². The van der Waals surface area contributed by atoms with Crippen LogP contribution in [0.1, 0.15) is 18.4 Å². The summed E-state index contributed by atoms with van der Waals surface area (Å²) in [5, 5.41) is 0.445. The van der Waals surface area contributed by atoms with Crippen LogP contribution in [-0.2, 0) is 5.33 Å². The first-order chi connectivity index (χ1) is 13.8. The predicted molar refractivity (Wildman–Crippen MR) is 84.6 cm³/mol. The van der Waals surface area contributed by atoms with E-state index < -0.39 is 55.2 Å². The number of hydrogen-bond donors (Lipinski definition) is 0. The van der Waals surface area contributed by atoms with Gasteiger partial charge in [-0.15, -0.1) is 0 Å². The second-order valence-corrected chi connectivity index (χ2v) is 6.79. The molecule has 0 fully saturated rings. The first-order valence-electron chi connectivity index (χ1n) is 8.00. The summed E-state index contributed by atoms with van der Waals surface area (Å²) in [7, 11) is 0. The van der Waals surface area contributed by atoms with Gasteiger partial charge in [-0.25, -0.2) is 0 Å². The number of ether oxygens (including phenoxy) is 1. The van der Waals surface area contributed by atoms with Gasteiger partial charge in [0.05, 0.1) is 6.61 Å². The molecule has 0 aliphatic rings. The van der Waals surface area contributed by atoms with Crippen molar-refractivity contribution in [1.82, 2.24) is 0 Å². The third-order valence-corrected chi connectivity index (χ3v) is 4.63. The SMILES string of the molecule is FC(F)(F)C(F)(F)C(F)(F)C(F)(F)C(F)(F)C(F)(F)CCCOc1ccc(CBr)cc1. The normalized spacial score (nSPS) is 14.6. The van der Waals surface area contributed by atoms with Gasteiger partial charge < -0.3 is 4.74 Å². The lowest BCUT2D eigenvalue weighted by molar-refractivity contribution is -0.440.